The highest BCUT2D eigenvalue weighted by atomic mass is 32.2. The summed E-state index contributed by atoms with van der Waals surface area (Å²) in [5.74, 6) is 0. The minimum absolute atomic E-state index is 0.0370. The maximum absolute atomic E-state index is 11.6. The molecule has 0 saturated carbocycles. The lowest BCUT2D eigenvalue weighted by Crippen LogP contribution is -2.20. The van der Waals surface area contributed by atoms with E-state index in [2.05, 4.69) is 0 Å². The van der Waals surface area contributed by atoms with Gasteiger partial charge in [0.1, 0.15) is 0 Å². The monoisotopic (exact) mass is 174 g/mol. The van der Waals surface area contributed by atoms with Gasteiger partial charge in [0.25, 0.3) is 0 Å². The lowest BCUT2D eigenvalue weighted by atomic mass is 10.0. The normalized spacial score (nSPS) is 41.8. The Morgan fingerprint density at radius 2 is 1.27 bits per heavy atom. The van der Waals surface area contributed by atoms with Crippen LogP contribution >= 0.6 is 0 Å². The largest absolute Gasteiger partial charge is 0.228 e. The second-order valence-corrected chi connectivity index (χ2v) is 6.21. The molecule has 0 radical (unpaired) electrons. The SMILES string of the molecule is O=S1(=O)[C@@H]2CCCC[C@@H]1CC2. The van der Waals surface area contributed by atoms with E-state index in [1.54, 1.807) is 0 Å². The van der Waals surface area contributed by atoms with Gasteiger partial charge in [0.15, 0.2) is 9.84 Å². The Morgan fingerprint density at radius 3 is 1.73 bits per heavy atom. The Balaban J connectivity index is 2.33. The molecule has 0 aliphatic carbocycles. The molecule has 0 aromatic rings. The van der Waals surface area contributed by atoms with Crippen molar-refractivity contribution in [1.29, 1.82) is 0 Å². The molecule has 2 bridgehead atoms. The van der Waals surface area contributed by atoms with Crippen LogP contribution in [0.4, 0.5) is 0 Å². The van der Waals surface area contributed by atoms with Crippen molar-refractivity contribution in [1.82, 2.24) is 0 Å². The highest BCUT2D eigenvalue weighted by Gasteiger charge is 2.41. The zero-order valence-electron chi connectivity index (χ0n) is 6.62. The van der Waals surface area contributed by atoms with Crippen molar-refractivity contribution in [3.05, 3.63) is 0 Å². The maximum atomic E-state index is 11.6. The number of hydrogen-bond acceptors (Lipinski definition) is 2. The van der Waals surface area contributed by atoms with E-state index in [4.69, 9.17) is 0 Å². The van der Waals surface area contributed by atoms with Crippen molar-refractivity contribution in [2.45, 2.75) is 49.0 Å². The van der Waals surface area contributed by atoms with Gasteiger partial charge in [-0.25, -0.2) is 8.42 Å². The van der Waals surface area contributed by atoms with Crippen molar-refractivity contribution < 1.29 is 8.42 Å². The second-order valence-electron chi connectivity index (χ2n) is 3.69. The fourth-order valence-electron chi connectivity index (χ4n) is 2.33. The van der Waals surface area contributed by atoms with E-state index >= 15 is 0 Å². The van der Waals surface area contributed by atoms with Crippen LogP contribution in [0.3, 0.4) is 0 Å². The fourth-order valence-corrected chi connectivity index (χ4v) is 4.80. The Bertz CT molecular complexity index is 223. The lowest BCUT2D eigenvalue weighted by molar-refractivity contribution is 0.556. The topological polar surface area (TPSA) is 34.1 Å². The highest BCUT2D eigenvalue weighted by molar-refractivity contribution is 7.92. The minimum Gasteiger partial charge on any atom is -0.228 e. The molecular weight excluding hydrogens is 160 g/mol. The quantitative estimate of drug-likeness (QED) is 0.558. The van der Waals surface area contributed by atoms with Gasteiger partial charge in [-0.1, -0.05) is 12.8 Å². The van der Waals surface area contributed by atoms with E-state index < -0.39 is 9.84 Å². The first-order chi connectivity index (χ1) is 5.21. The summed E-state index contributed by atoms with van der Waals surface area (Å²) in [6.07, 6.45) is 5.98. The standard InChI is InChI=1S/C8H14O2S/c9-11(10)7-3-1-2-4-8(11)6-5-7/h7-8H,1-6H2/t7-,8-/m1/s1. The molecule has 0 aromatic carbocycles. The predicted molar refractivity (Wildman–Crippen MR) is 44.2 cm³/mol. The Hall–Kier alpha value is -0.0500. The first-order valence-electron chi connectivity index (χ1n) is 4.44. The molecule has 0 unspecified atom stereocenters. The van der Waals surface area contributed by atoms with Gasteiger partial charge in [0, 0.05) is 0 Å². The number of rotatable bonds is 0. The van der Waals surface area contributed by atoms with Crippen LogP contribution in [0.5, 0.6) is 0 Å². The van der Waals surface area contributed by atoms with E-state index in [9.17, 15) is 8.42 Å². The molecule has 2 aliphatic heterocycles. The van der Waals surface area contributed by atoms with Crippen LogP contribution in [-0.4, -0.2) is 18.9 Å². The van der Waals surface area contributed by atoms with Gasteiger partial charge in [-0.3, -0.25) is 0 Å². The van der Waals surface area contributed by atoms with Crippen LogP contribution in [0.2, 0.25) is 0 Å². The molecule has 2 heterocycles. The summed E-state index contributed by atoms with van der Waals surface area (Å²) in [6.45, 7) is 0. The van der Waals surface area contributed by atoms with Crippen LogP contribution in [-0.2, 0) is 9.84 Å². The maximum Gasteiger partial charge on any atom is 0.156 e. The molecule has 2 fully saturated rings. The van der Waals surface area contributed by atoms with E-state index in [1.807, 2.05) is 0 Å². The Labute approximate surface area is 67.9 Å². The van der Waals surface area contributed by atoms with Gasteiger partial charge < -0.3 is 0 Å². The first-order valence-corrected chi connectivity index (χ1v) is 6.05. The van der Waals surface area contributed by atoms with Crippen LogP contribution in [0, 0.1) is 0 Å². The third-order valence-electron chi connectivity index (χ3n) is 3.04. The van der Waals surface area contributed by atoms with Crippen molar-refractivity contribution in [2.75, 3.05) is 0 Å². The van der Waals surface area contributed by atoms with Gasteiger partial charge in [-0.15, -0.1) is 0 Å². The third-order valence-corrected chi connectivity index (χ3v) is 5.84. The molecule has 64 valence electrons. The van der Waals surface area contributed by atoms with Crippen molar-refractivity contribution in [3.63, 3.8) is 0 Å². The first kappa shape index (κ1) is 7.59. The number of sulfone groups is 1. The Morgan fingerprint density at radius 1 is 0.818 bits per heavy atom. The molecule has 2 aliphatic rings. The summed E-state index contributed by atoms with van der Waals surface area (Å²) in [6, 6.07) is 0. The molecule has 0 aromatic heterocycles. The van der Waals surface area contributed by atoms with Crippen LogP contribution in [0.15, 0.2) is 0 Å². The van der Waals surface area contributed by atoms with E-state index in [1.165, 1.54) is 0 Å². The predicted octanol–water partition coefficient (Wildman–Crippen LogP) is 1.51. The molecule has 3 heteroatoms. The Kier molecular flexibility index (Phi) is 1.71. The summed E-state index contributed by atoms with van der Waals surface area (Å²) in [5, 5.41) is 0.0741. The zero-order valence-corrected chi connectivity index (χ0v) is 7.44. The van der Waals surface area contributed by atoms with Gasteiger partial charge >= 0.3 is 0 Å². The van der Waals surface area contributed by atoms with E-state index in [0.29, 0.717) is 0 Å². The molecule has 2 rings (SSSR count). The van der Waals surface area contributed by atoms with E-state index in [0.717, 1.165) is 38.5 Å². The summed E-state index contributed by atoms with van der Waals surface area (Å²) in [7, 11) is -2.67. The molecule has 0 N–H and O–H groups in total. The fraction of sp³-hybridized carbons (Fsp3) is 1.00. The summed E-state index contributed by atoms with van der Waals surface area (Å²) in [4.78, 5) is 0. The minimum atomic E-state index is -2.67. The molecule has 0 spiro atoms. The molecule has 2 saturated heterocycles. The summed E-state index contributed by atoms with van der Waals surface area (Å²) >= 11 is 0. The highest BCUT2D eigenvalue weighted by Crippen LogP contribution is 2.36. The van der Waals surface area contributed by atoms with Crippen LogP contribution < -0.4 is 0 Å². The molecule has 0 amide bonds. The van der Waals surface area contributed by atoms with Crippen LogP contribution in [0.1, 0.15) is 38.5 Å². The zero-order chi connectivity index (χ0) is 7.90. The average Bonchev–Trinajstić information content (AvgIpc) is 2.00. The number of hydrogen-bond donors (Lipinski definition) is 0. The smallest absolute Gasteiger partial charge is 0.156 e. The van der Waals surface area contributed by atoms with Crippen molar-refractivity contribution in [3.8, 4) is 0 Å². The third kappa shape index (κ3) is 1.10. The molecule has 11 heavy (non-hydrogen) atoms. The second kappa shape index (κ2) is 2.47. The van der Waals surface area contributed by atoms with Crippen molar-refractivity contribution >= 4 is 9.84 Å². The van der Waals surface area contributed by atoms with Gasteiger partial charge in [0.2, 0.25) is 0 Å². The average molecular weight is 174 g/mol. The van der Waals surface area contributed by atoms with Crippen LogP contribution in [0.25, 0.3) is 0 Å². The number of fused-ring (bicyclic) bond motifs is 2. The van der Waals surface area contributed by atoms with Gasteiger partial charge in [-0.2, -0.15) is 0 Å². The van der Waals surface area contributed by atoms with Gasteiger partial charge in [0.05, 0.1) is 10.5 Å². The molecule has 2 nitrogen and oxygen atoms in total. The van der Waals surface area contributed by atoms with Gasteiger partial charge in [-0.05, 0) is 25.7 Å². The molecular formula is C8H14O2S. The summed E-state index contributed by atoms with van der Waals surface area (Å²) < 4.78 is 23.2. The summed E-state index contributed by atoms with van der Waals surface area (Å²) in [5.41, 5.74) is 0. The lowest BCUT2D eigenvalue weighted by Gasteiger charge is -2.06. The van der Waals surface area contributed by atoms with Crippen molar-refractivity contribution in [2.24, 2.45) is 0 Å². The van der Waals surface area contributed by atoms with E-state index in [-0.39, 0.29) is 10.5 Å². The molecule has 2 atom stereocenters.